The predicted octanol–water partition coefficient (Wildman–Crippen LogP) is 18.4. The van der Waals surface area contributed by atoms with Crippen molar-refractivity contribution in [1.82, 2.24) is 0 Å². The highest BCUT2D eigenvalue weighted by molar-refractivity contribution is 6.34. The maximum absolute atomic E-state index is 15.3. The molecule has 0 aliphatic carbocycles. The molecule has 1 heterocycles. The third kappa shape index (κ3) is 12.9. The van der Waals surface area contributed by atoms with E-state index in [9.17, 15) is 24.6 Å². The van der Waals surface area contributed by atoms with Gasteiger partial charge in [0.1, 0.15) is 0 Å². The topological polar surface area (TPSA) is 148 Å². The zero-order valence-electron chi connectivity index (χ0n) is 43.8. The monoisotopic (exact) mass is 1070 g/mol. The van der Waals surface area contributed by atoms with Crippen molar-refractivity contribution in [3.63, 3.8) is 0 Å². The molecule has 11 rings (SSSR count). The second-order valence-corrected chi connectivity index (χ2v) is 19.0. The van der Waals surface area contributed by atoms with Crippen molar-refractivity contribution in [2.24, 2.45) is 0 Å². The first-order valence-corrected chi connectivity index (χ1v) is 26.0. The molecule has 1 aliphatic rings. The number of para-hydroxylation sites is 2. The number of anilines is 2. The molecule has 10 aromatic rings. The first kappa shape index (κ1) is 55.9. The standard InChI is InChI=1S/C31H23FN2O2.C19H13ClFNO2.C13H13N.C4H8O/c1-20-10-7-16-25(29(20)27-18-8-15-22(31(27)33)21-11-3-2-4-12-21)23-13-5-6-14-24(23)26-17-9-19-28(30(26)32)34(35)36;1-12-6-4-9-15(18(12)20)13-7-2-3-8-14(13)16-10-5-11-17(19(16)21)22(23)24;1-10-6-5-9-12(13(10)14)11-7-3-2-4-8-11;1-2-4-5-3-1/h2-19H,33H2,1H3;2-11H,1H3;2-9H,14H2,1H3;1-4H2. The van der Waals surface area contributed by atoms with Crippen molar-refractivity contribution >= 4 is 34.4 Å². The lowest BCUT2D eigenvalue weighted by atomic mass is 9.85. The molecule has 0 atom stereocenters. The van der Waals surface area contributed by atoms with Gasteiger partial charge in [0.2, 0.25) is 11.6 Å². The van der Waals surface area contributed by atoms with Crippen LogP contribution in [0.25, 0.3) is 77.9 Å². The predicted molar refractivity (Wildman–Crippen MR) is 319 cm³/mol. The molecule has 1 fully saturated rings. The minimum Gasteiger partial charge on any atom is -0.398 e. The van der Waals surface area contributed by atoms with E-state index in [2.05, 4.69) is 18.2 Å². The van der Waals surface area contributed by atoms with E-state index < -0.39 is 32.9 Å². The normalized spacial score (nSPS) is 11.5. The van der Waals surface area contributed by atoms with Gasteiger partial charge in [0.05, 0.1) is 14.9 Å². The number of rotatable bonds is 9. The largest absolute Gasteiger partial charge is 0.398 e. The van der Waals surface area contributed by atoms with E-state index in [0.717, 1.165) is 91.7 Å². The van der Waals surface area contributed by atoms with Gasteiger partial charge in [-0.3, -0.25) is 20.2 Å². The molecule has 0 bridgehead atoms. The van der Waals surface area contributed by atoms with Crippen LogP contribution in [-0.4, -0.2) is 23.1 Å². The molecule has 0 saturated carbocycles. The summed E-state index contributed by atoms with van der Waals surface area (Å²) in [5.41, 5.74) is 26.9. The van der Waals surface area contributed by atoms with Crippen molar-refractivity contribution in [3.8, 4) is 77.9 Å². The molecule has 1 saturated heterocycles. The summed E-state index contributed by atoms with van der Waals surface area (Å²) in [5.74, 6) is -1.70. The lowest BCUT2D eigenvalue weighted by Crippen LogP contribution is -1.99. The molecule has 12 heteroatoms. The first-order chi connectivity index (χ1) is 38.3. The van der Waals surface area contributed by atoms with E-state index in [1.807, 2.05) is 160 Å². The Kier molecular flexibility index (Phi) is 18.5. The fourth-order valence-electron chi connectivity index (χ4n) is 9.46. The number of nitrogen functional groups attached to an aromatic ring is 2. The summed E-state index contributed by atoms with van der Waals surface area (Å²) in [6.07, 6.45) is 2.56. The highest BCUT2D eigenvalue weighted by Crippen LogP contribution is 2.45. The van der Waals surface area contributed by atoms with Crippen LogP contribution in [0.2, 0.25) is 5.02 Å². The minimum atomic E-state index is -0.852. The van der Waals surface area contributed by atoms with Crippen LogP contribution in [0.4, 0.5) is 31.5 Å². The summed E-state index contributed by atoms with van der Waals surface area (Å²) >= 11 is 6.41. The average Bonchev–Trinajstić information content (AvgIpc) is 4.13. The Morgan fingerprint density at radius 1 is 0.392 bits per heavy atom. The third-order valence-corrected chi connectivity index (χ3v) is 14.0. The number of nitrogens with zero attached hydrogens (tertiary/aromatic N) is 2. The van der Waals surface area contributed by atoms with Gasteiger partial charge in [-0.25, -0.2) is 0 Å². The molecule has 0 aromatic heterocycles. The number of benzene rings is 10. The highest BCUT2D eigenvalue weighted by Gasteiger charge is 2.24. The molecule has 4 N–H and O–H groups in total. The van der Waals surface area contributed by atoms with E-state index in [-0.39, 0.29) is 11.1 Å². The molecule has 10 aromatic carbocycles. The Balaban J connectivity index is 0.000000163. The Hall–Kier alpha value is -9.29. The summed E-state index contributed by atoms with van der Waals surface area (Å²) in [4.78, 5) is 21.0. The summed E-state index contributed by atoms with van der Waals surface area (Å²) in [5, 5.41) is 23.0. The minimum absolute atomic E-state index is 0.178. The molecular formula is C67H57ClF2N4O5. The van der Waals surface area contributed by atoms with Crippen LogP contribution in [0, 0.1) is 52.6 Å². The van der Waals surface area contributed by atoms with E-state index in [4.69, 9.17) is 27.8 Å². The summed E-state index contributed by atoms with van der Waals surface area (Å²) in [6, 6.07) is 66.8. The second-order valence-electron chi connectivity index (χ2n) is 18.7. The number of halogens is 3. The van der Waals surface area contributed by atoms with Gasteiger partial charge in [0.25, 0.3) is 0 Å². The number of nitro benzene ring substituents is 2. The SMILES string of the molecule is C1CCOC1.Cc1cccc(-c2ccccc2)c1N.Cc1cccc(-c2ccccc2-c2cccc([N+](=O)[O-])c2F)c1-c1cccc(-c2ccccc2)c1N.Cc1cccc(-c2ccccc2-c2cccc([N+](=O)[O-])c2F)c1Cl. The fraction of sp³-hybridized carbons (Fsp3) is 0.104. The number of hydrogen-bond donors (Lipinski definition) is 2. The molecule has 0 amide bonds. The van der Waals surface area contributed by atoms with Crippen LogP contribution in [0.3, 0.4) is 0 Å². The molecule has 0 unspecified atom stereocenters. The van der Waals surface area contributed by atoms with Crippen LogP contribution in [0.1, 0.15) is 29.5 Å². The number of hydrogen-bond acceptors (Lipinski definition) is 7. The molecule has 1 aliphatic heterocycles. The van der Waals surface area contributed by atoms with E-state index in [1.165, 1.54) is 42.7 Å². The van der Waals surface area contributed by atoms with Gasteiger partial charge in [-0.1, -0.05) is 218 Å². The number of nitrogens with two attached hydrogens (primary N) is 2. The lowest BCUT2D eigenvalue weighted by molar-refractivity contribution is -0.387. The summed E-state index contributed by atoms with van der Waals surface area (Å²) in [7, 11) is 0. The van der Waals surface area contributed by atoms with Gasteiger partial charge in [0, 0.05) is 70.1 Å². The molecule has 0 spiro atoms. The van der Waals surface area contributed by atoms with E-state index in [0.29, 0.717) is 21.8 Å². The number of nitro groups is 2. The zero-order valence-corrected chi connectivity index (χ0v) is 44.6. The van der Waals surface area contributed by atoms with Crippen LogP contribution < -0.4 is 11.5 Å². The smallest absolute Gasteiger partial charge is 0.305 e. The van der Waals surface area contributed by atoms with E-state index in [1.54, 1.807) is 30.3 Å². The van der Waals surface area contributed by atoms with Crippen LogP contribution in [-0.2, 0) is 4.74 Å². The molecule has 9 nitrogen and oxygen atoms in total. The van der Waals surface area contributed by atoms with Crippen LogP contribution in [0.15, 0.2) is 218 Å². The van der Waals surface area contributed by atoms with Crippen molar-refractivity contribution < 1.29 is 23.4 Å². The van der Waals surface area contributed by atoms with Gasteiger partial charge in [-0.2, -0.15) is 8.78 Å². The summed E-state index contributed by atoms with van der Waals surface area (Å²) < 4.78 is 34.8. The van der Waals surface area contributed by atoms with Crippen molar-refractivity contribution in [3.05, 3.63) is 272 Å². The second kappa shape index (κ2) is 26.2. The molecule has 0 radical (unpaired) electrons. The zero-order chi connectivity index (χ0) is 56.0. The van der Waals surface area contributed by atoms with Gasteiger partial charge >= 0.3 is 11.4 Å². The highest BCUT2D eigenvalue weighted by atomic mass is 35.5. The van der Waals surface area contributed by atoms with Gasteiger partial charge < -0.3 is 16.2 Å². The first-order valence-electron chi connectivity index (χ1n) is 25.6. The van der Waals surface area contributed by atoms with Crippen LogP contribution >= 0.6 is 11.6 Å². The summed E-state index contributed by atoms with van der Waals surface area (Å²) in [6.45, 7) is 7.94. The maximum atomic E-state index is 15.3. The van der Waals surface area contributed by atoms with Gasteiger partial charge in [0.15, 0.2) is 0 Å². The molecule has 79 heavy (non-hydrogen) atoms. The Bertz CT molecular complexity index is 3770. The van der Waals surface area contributed by atoms with Crippen molar-refractivity contribution in [1.29, 1.82) is 0 Å². The third-order valence-electron chi connectivity index (χ3n) is 13.5. The quantitative estimate of drug-likeness (QED) is 0.0831. The number of aryl methyl sites for hydroxylation is 3. The van der Waals surface area contributed by atoms with Crippen molar-refractivity contribution in [2.45, 2.75) is 33.6 Å². The number of ether oxygens (including phenoxy) is 1. The van der Waals surface area contributed by atoms with Crippen LogP contribution in [0.5, 0.6) is 0 Å². The van der Waals surface area contributed by atoms with Gasteiger partial charge in [-0.15, -0.1) is 0 Å². The fourth-order valence-corrected chi connectivity index (χ4v) is 9.69. The lowest BCUT2D eigenvalue weighted by Gasteiger charge is -2.19. The van der Waals surface area contributed by atoms with E-state index >= 15 is 4.39 Å². The Labute approximate surface area is 463 Å². The average molecular weight is 1070 g/mol. The Morgan fingerprint density at radius 3 is 1.20 bits per heavy atom. The maximum Gasteiger partial charge on any atom is 0.305 e. The van der Waals surface area contributed by atoms with Crippen molar-refractivity contribution in [2.75, 3.05) is 24.7 Å². The Morgan fingerprint density at radius 2 is 0.734 bits per heavy atom. The van der Waals surface area contributed by atoms with Gasteiger partial charge in [-0.05, 0) is 94.8 Å². The molecule has 396 valence electrons. The molecular weight excluding hydrogens is 1010 g/mol.